The SMILES string of the molecule is ClN1NCC=Cc2ccccc21. The molecule has 0 unspecified atom stereocenters. The summed E-state index contributed by atoms with van der Waals surface area (Å²) in [6.07, 6.45) is 4.10. The topological polar surface area (TPSA) is 15.3 Å². The molecule has 0 aromatic heterocycles. The predicted molar refractivity (Wildman–Crippen MR) is 51.8 cm³/mol. The van der Waals surface area contributed by atoms with Crippen molar-refractivity contribution in [3.8, 4) is 0 Å². The zero-order chi connectivity index (χ0) is 8.39. The number of rotatable bonds is 0. The average Bonchev–Trinajstić information content (AvgIpc) is 2.29. The van der Waals surface area contributed by atoms with Gasteiger partial charge in [0.2, 0.25) is 0 Å². The minimum absolute atomic E-state index is 0.762. The number of nitrogens with zero attached hydrogens (tertiary/aromatic N) is 1. The molecule has 2 nitrogen and oxygen atoms in total. The van der Waals surface area contributed by atoms with Crippen LogP contribution in [0.25, 0.3) is 6.08 Å². The lowest BCUT2D eigenvalue weighted by Gasteiger charge is -2.15. The van der Waals surface area contributed by atoms with Gasteiger partial charge in [0.15, 0.2) is 0 Å². The van der Waals surface area contributed by atoms with Crippen molar-refractivity contribution in [1.29, 1.82) is 0 Å². The first-order valence-corrected chi connectivity index (χ1v) is 4.17. The number of anilines is 1. The first kappa shape index (κ1) is 7.65. The van der Waals surface area contributed by atoms with Gasteiger partial charge in [-0.25, -0.2) is 9.95 Å². The molecule has 1 N–H and O–H groups in total. The Hall–Kier alpha value is -0.990. The van der Waals surface area contributed by atoms with Crippen LogP contribution in [-0.2, 0) is 0 Å². The molecule has 0 fully saturated rings. The number of nitrogens with one attached hydrogen (secondary N) is 1. The molecule has 0 radical (unpaired) electrons. The third-order valence-corrected chi connectivity index (χ3v) is 2.10. The standard InChI is InChI=1S/C9H9ClN2/c10-12-9-6-2-1-4-8(9)5-3-7-11-12/h1-6,11H,7H2. The van der Waals surface area contributed by atoms with Crippen molar-refractivity contribution in [3.63, 3.8) is 0 Å². The van der Waals surface area contributed by atoms with Crippen LogP contribution in [0.1, 0.15) is 5.56 Å². The van der Waals surface area contributed by atoms with Gasteiger partial charge in [0.1, 0.15) is 0 Å². The second-order valence-corrected chi connectivity index (χ2v) is 2.94. The van der Waals surface area contributed by atoms with Gasteiger partial charge in [-0.2, -0.15) is 0 Å². The summed E-state index contributed by atoms with van der Waals surface area (Å²) < 4.78 is 1.52. The van der Waals surface area contributed by atoms with Crippen molar-refractivity contribution in [2.24, 2.45) is 0 Å². The van der Waals surface area contributed by atoms with E-state index in [2.05, 4.69) is 11.5 Å². The largest absolute Gasteiger partial charge is 0.217 e. The molecule has 0 atom stereocenters. The average molecular weight is 181 g/mol. The molecule has 1 aromatic rings. The van der Waals surface area contributed by atoms with Crippen LogP contribution in [0.4, 0.5) is 5.69 Å². The molecule has 1 aliphatic rings. The van der Waals surface area contributed by atoms with Crippen LogP contribution in [0.15, 0.2) is 30.3 Å². The normalized spacial score (nSPS) is 15.6. The molecule has 2 rings (SSSR count). The third kappa shape index (κ3) is 1.31. The maximum Gasteiger partial charge on any atom is 0.0778 e. The number of benzene rings is 1. The van der Waals surface area contributed by atoms with Crippen LogP contribution in [0.5, 0.6) is 0 Å². The van der Waals surface area contributed by atoms with E-state index in [9.17, 15) is 0 Å². The second kappa shape index (κ2) is 3.17. The minimum Gasteiger partial charge on any atom is -0.217 e. The fourth-order valence-electron chi connectivity index (χ4n) is 1.21. The summed E-state index contributed by atoms with van der Waals surface area (Å²) >= 11 is 5.93. The monoisotopic (exact) mass is 180 g/mol. The molecule has 0 saturated heterocycles. The quantitative estimate of drug-likeness (QED) is 0.616. The van der Waals surface area contributed by atoms with Crippen molar-refractivity contribution in [2.45, 2.75) is 0 Å². The highest BCUT2D eigenvalue weighted by Crippen LogP contribution is 2.22. The van der Waals surface area contributed by atoms with E-state index in [0.29, 0.717) is 0 Å². The number of para-hydroxylation sites is 1. The van der Waals surface area contributed by atoms with Crippen molar-refractivity contribution in [2.75, 3.05) is 11.1 Å². The fourth-order valence-corrected chi connectivity index (χ4v) is 1.43. The Morgan fingerprint density at radius 2 is 2.17 bits per heavy atom. The summed E-state index contributed by atoms with van der Waals surface area (Å²) in [7, 11) is 0. The molecule has 12 heavy (non-hydrogen) atoms. The van der Waals surface area contributed by atoms with Gasteiger partial charge in [0.05, 0.1) is 5.69 Å². The van der Waals surface area contributed by atoms with Gasteiger partial charge in [0.25, 0.3) is 0 Å². The smallest absolute Gasteiger partial charge is 0.0778 e. The Balaban J connectivity index is 2.49. The Bertz CT molecular complexity index is 309. The van der Waals surface area contributed by atoms with E-state index in [4.69, 9.17) is 11.8 Å². The predicted octanol–water partition coefficient (Wildman–Crippen LogP) is 2.18. The zero-order valence-electron chi connectivity index (χ0n) is 6.50. The fraction of sp³-hybridized carbons (Fsp3) is 0.111. The van der Waals surface area contributed by atoms with Crippen LogP contribution in [0.2, 0.25) is 0 Å². The van der Waals surface area contributed by atoms with Gasteiger partial charge in [-0.3, -0.25) is 0 Å². The Morgan fingerprint density at radius 3 is 3.08 bits per heavy atom. The van der Waals surface area contributed by atoms with Crippen molar-refractivity contribution < 1.29 is 0 Å². The summed E-state index contributed by atoms with van der Waals surface area (Å²) in [5, 5.41) is 0. The maximum absolute atomic E-state index is 5.93. The second-order valence-electron chi connectivity index (χ2n) is 2.60. The molecule has 1 aromatic carbocycles. The highest BCUT2D eigenvalue weighted by molar-refractivity contribution is 6.25. The minimum atomic E-state index is 0.762. The number of hydrazine groups is 1. The van der Waals surface area contributed by atoms with Crippen LogP contribution in [0.3, 0.4) is 0 Å². The number of fused-ring (bicyclic) bond motifs is 1. The molecule has 1 aliphatic heterocycles. The summed E-state index contributed by atoms with van der Waals surface area (Å²) in [4.78, 5) is 0. The Morgan fingerprint density at radius 1 is 1.33 bits per heavy atom. The molecule has 0 spiro atoms. The molecular weight excluding hydrogens is 172 g/mol. The molecular formula is C9H9ClN2. The lowest BCUT2D eigenvalue weighted by atomic mass is 10.2. The van der Waals surface area contributed by atoms with Gasteiger partial charge in [-0.05, 0) is 6.07 Å². The van der Waals surface area contributed by atoms with Crippen molar-refractivity contribution in [3.05, 3.63) is 35.9 Å². The van der Waals surface area contributed by atoms with Crippen LogP contribution >= 0.6 is 11.8 Å². The molecule has 0 bridgehead atoms. The van der Waals surface area contributed by atoms with Crippen molar-refractivity contribution in [1.82, 2.24) is 5.43 Å². The number of hydrogen-bond donors (Lipinski definition) is 1. The van der Waals surface area contributed by atoms with E-state index in [1.807, 2.05) is 30.3 Å². The number of hydrogen-bond acceptors (Lipinski definition) is 2. The summed E-state index contributed by atoms with van der Waals surface area (Å²) in [6, 6.07) is 7.98. The summed E-state index contributed by atoms with van der Waals surface area (Å²) in [5.41, 5.74) is 5.14. The van der Waals surface area contributed by atoms with Gasteiger partial charge in [0, 0.05) is 23.9 Å². The molecule has 0 aliphatic carbocycles. The first-order valence-electron chi connectivity index (χ1n) is 3.83. The van der Waals surface area contributed by atoms with Gasteiger partial charge in [-0.15, -0.1) is 0 Å². The maximum atomic E-state index is 5.93. The molecule has 62 valence electrons. The van der Waals surface area contributed by atoms with Crippen molar-refractivity contribution >= 4 is 23.5 Å². The Labute approximate surface area is 76.5 Å². The molecule has 0 amide bonds. The van der Waals surface area contributed by atoms with Crippen LogP contribution in [-0.4, -0.2) is 6.54 Å². The summed E-state index contributed by atoms with van der Waals surface area (Å²) in [6.45, 7) is 0.762. The van der Waals surface area contributed by atoms with Crippen LogP contribution in [0, 0.1) is 0 Å². The van der Waals surface area contributed by atoms with Gasteiger partial charge < -0.3 is 0 Å². The van der Waals surface area contributed by atoms with E-state index in [1.54, 1.807) is 0 Å². The third-order valence-electron chi connectivity index (χ3n) is 1.79. The van der Waals surface area contributed by atoms with E-state index < -0.39 is 0 Å². The lowest BCUT2D eigenvalue weighted by Crippen LogP contribution is -2.28. The number of halogens is 1. The van der Waals surface area contributed by atoms with Crippen LogP contribution < -0.4 is 9.95 Å². The van der Waals surface area contributed by atoms with E-state index >= 15 is 0 Å². The lowest BCUT2D eigenvalue weighted by molar-refractivity contribution is 0.825. The molecule has 0 saturated carbocycles. The van der Waals surface area contributed by atoms with Gasteiger partial charge >= 0.3 is 0 Å². The highest BCUT2D eigenvalue weighted by atomic mass is 35.5. The summed E-state index contributed by atoms with van der Waals surface area (Å²) in [5.74, 6) is 0. The van der Waals surface area contributed by atoms with Gasteiger partial charge in [-0.1, -0.05) is 30.4 Å². The highest BCUT2D eigenvalue weighted by Gasteiger charge is 2.07. The molecule has 1 heterocycles. The first-order chi connectivity index (χ1) is 5.88. The zero-order valence-corrected chi connectivity index (χ0v) is 7.25. The van der Waals surface area contributed by atoms with E-state index in [-0.39, 0.29) is 0 Å². The Kier molecular flexibility index (Phi) is 2.02. The van der Waals surface area contributed by atoms with E-state index in [1.165, 1.54) is 4.53 Å². The molecule has 3 heteroatoms. The van der Waals surface area contributed by atoms with E-state index in [0.717, 1.165) is 17.8 Å².